The van der Waals surface area contributed by atoms with Crippen LogP contribution in [0.3, 0.4) is 0 Å². The zero-order valence-corrected chi connectivity index (χ0v) is 12.4. The predicted octanol–water partition coefficient (Wildman–Crippen LogP) is 1.91. The average molecular weight is 328 g/mol. The molecule has 1 unspecified atom stereocenters. The molecule has 1 amide bonds. The van der Waals surface area contributed by atoms with Gasteiger partial charge < -0.3 is 9.64 Å². The van der Waals surface area contributed by atoms with Crippen LogP contribution in [0.2, 0.25) is 0 Å². The van der Waals surface area contributed by atoms with Crippen molar-refractivity contribution in [3.8, 4) is 0 Å². The number of halogens is 3. The van der Waals surface area contributed by atoms with Gasteiger partial charge in [-0.25, -0.2) is 0 Å². The maximum absolute atomic E-state index is 13.4. The molecule has 1 saturated heterocycles. The normalized spacial score (nSPS) is 22.5. The predicted molar refractivity (Wildman–Crippen MR) is 73.9 cm³/mol. The standard InChI is InChI=1S/C14H15F3N4O2/c1-2-13(14(15,16)17)8-20(6-7-23-13)12(22)10-4-3-5-11-19-18-9-21(10)11/h3-5,9H,2,6-8H2,1H3. The fraction of sp³-hybridized carbons (Fsp3) is 0.500. The molecule has 0 saturated carbocycles. The largest absolute Gasteiger partial charge is 0.419 e. The van der Waals surface area contributed by atoms with Crippen molar-refractivity contribution in [2.75, 3.05) is 19.7 Å². The van der Waals surface area contributed by atoms with E-state index in [1.165, 1.54) is 28.6 Å². The molecule has 3 rings (SSSR count). The number of fused-ring (bicyclic) bond motifs is 1. The second-order valence-corrected chi connectivity index (χ2v) is 5.39. The van der Waals surface area contributed by atoms with Gasteiger partial charge in [-0.2, -0.15) is 13.2 Å². The molecule has 1 fully saturated rings. The van der Waals surface area contributed by atoms with Crippen molar-refractivity contribution >= 4 is 11.6 Å². The van der Waals surface area contributed by atoms with Crippen LogP contribution in [0.4, 0.5) is 13.2 Å². The van der Waals surface area contributed by atoms with Gasteiger partial charge in [0.25, 0.3) is 5.91 Å². The average Bonchev–Trinajstić information content (AvgIpc) is 3.01. The number of rotatable bonds is 2. The zero-order valence-electron chi connectivity index (χ0n) is 12.4. The van der Waals surface area contributed by atoms with Gasteiger partial charge in [0.2, 0.25) is 0 Å². The first-order chi connectivity index (χ1) is 10.9. The van der Waals surface area contributed by atoms with Crippen molar-refractivity contribution in [2.45, 2.75) is 25.1 Å². The lowest BCUT2D eigenvalue weighted by molar-refractivity contribution is -0.293. The fourth-order valence-electron chi connectivity index (χ4n) is 2.73. The Hall–Kier alpha value is -2.16. The Balaban J connectivity index is 1.92. The molecular formula is C14H15F3N4O2. The van der Waals surface area contributed by atoms with Gasteiger partial charge in [-0.15, -0.1) is 10.2 Å². The summed E-state index contributed by atoms with van der Waals surface area (Å²) in [5, 5.41) is 7.54. The molecule has 6 nitrogen and oxygen atoms in total. The van der Waals surface area contributed by atoms with Crippen LogP contribution < -0.4 is 0 Å². The second kappa shape index (κ2) is 5.48. The van der Waals surface area contributed by atoms with Crippen LogP contribution in [0, 0.1) is 0 Å². The number of ether oxygens (including phenoxy) is 1. The summed E-state index contributed by atoms with van der Waals surface area (Å²) in [6.07, 6.45) is -3.43. The minimum absolute atomic E-state index is 0.106. The van der Waals surface area contributed by atoms with Gasteiger partial charge in [-0.1, -0.05) is 13.0 Å². The third-order valence-electron chi connectivity index (χ3n) is 4.11. The third-order valence-corrected chi connectivity index (χ3v) is 4.11. The van der Waals surface area contributed by atoms with Crippen molar-refractivity contribution in [3.05, 3.63) is 30.2 Å². The number of pyridine rings is 1. The molecule has 2 aromatic heterocycles. The number of carbonyl (C=O) groups excluding carboxylic acids is 1. The number of carbonyl (C=O) groups is 1. The fourth-order valence-corrected chi connectivity index (χ4v) is 2.73. The first-order valence-corrected chi connectivity index (χ1v) is 7.17. The Labute approximate surface area is 129 Å². The van der Waals surface area contributed by atoms with Crippen LogP contribution >= 0.6 is 0 Å². The molecule has 1 aliphatic heterocycles. The summed E-state index contributed by atoms with van der Waals surface area (Å²) in [5.74, 6) is -0.499. The second-order valence-electron chi connectivity index (χ2n) is 5.39. The van der Waals surface area contributed by atoms with Gasteiger partial charge in [0, 0.05) is 6.54 Å². The van der Waals surface area contributed by atoms with Crippen LogP contribution in [0.1, 0.15) is 23.8 Å². The number of amides is 1. The van der Waals surface area contributed by atoms with Crippen LogP contribution in [-0.2, 0) is 4.74 Å². The van der Waals surface area contributed by atoms with Crippen molar-refractivity contribution < 1.29 is 22.7 Å². The van der Waals surface area contributed by atoms with Crippen molar-refractivity contribution in [3.63, 3.8) is 0 Å². The van der Waals surface area contributed by atoms with E-state index < -0.39 is 24.2 Å². The lowest BCUT2D eigenvalue weighted by Crippen LogP contribution is -2.60. The Bertz CT molecular complexity index is 730. The summed E-state index contributed by atoms with van der Waals surface area (Å²) in [5.41, 5.74) is -1.63. The van der Waals surface area contributed by atoms with Gasteiger partial charge >= 0.3 is 6.18 Å². The summed E-state index contributed by atoms with van der Waals surface area (Å²) in [7, 11) is 0. The van der Waals surface area contributed by atoms with Crippen molar-refractivity contribution in [2.24, 2.45) is 0 Å². The van der Waals surface area contributed by atoms with Gasteiger partial charge in [0.1, 0.15) is 12.0 Å². The molecular weight excluding hydrogens is 313 g/mol. The highest BCUT2D eigenvalue weighted by Gasteiger charge is 2.57. The SMILES string of the molecule is CCC1(C(F)(F)F)CN(C(=O)c2cccc3nncn23)CCO1. The summed E-state index contributed by atoms with van der Waals surface area (Å²) in [6, 6.07) is 4.82. The van der Waals surface area contributed by atoms with Gasteiger partial charge in [0.15, 0.2) is 11.2 Å². The lowest BCUT2D eigenvalue weighted by atomic mass is 9.97. The molecule has 0 spiro atoms. The minimum Gasteiger partial charge on any atom is -0.362 e. The minimum atomic E-state index is -4.54. The smallest absolute Gasteiger partial charge is 0.362 e. The summed E-state index contributed by atoms with van der Waals surface area (Å²) in [4.78, 5) is 13.8. The summed E-state index contributed by atoms with van der Waals surface area (Å²) in [6.45, 7) is 0.832. The van der Waals surface area contributed by atoms with E-state index in [1.54, 1.807) is 12.1 Å². The molecule has 3 heterocycles. The summed E-state index contributed by atoms with van der Waals surface area (Å²) < 4.78 is 46.5. The van der Waals surface area contributed by atoms with E-state index >= 15 is 0 Å². The van der Waals surface area contributed by atoms with Crippen LogP contribution in [0.5, 0.6) is 0 Å². The number of alkyl halides is 3. The maximum atomic E-state index is 13.4. The summed E-state index contributed by atoms with van der Waals surface area (Å²) >= 11 is 0. The van der Waals surface area contributed by atoms with E-state index in [0.29, 0.717) is 5.65 Å². The Morgan fingerprint density at radius 1 is 1.43 bits per heavy atom. The molecule has 0 N–H and O–H groups in total. The number of nitrogens with zero attached hydrogens (tertiary/aromatic N) is 4. The molecule has 0 aliphatic carbocycles. The van der Waals surface area contributed by atoms with E-state index in [4.69, 9.17) is 4.74 Å². The highest BCUT2D eigenvalue weighted by molar-refractivity contribution is 5.93. The molecule has 1 aliphatic rings. The highest BCUT2D eigenvalue weighted by atomic mass is 19.4. The molecule has 0 bridgehead atoms. The first kappa shape index (κ1) is 15.7. The number of morpholine rings is 1. The molecule has 1 atom stereocenters. The monoisotopic (exact) mass is 328 g/mol. The van der Waals surface area contributed by atoms with E-state index in [-0.39, 0.29) is 25.3 Å². The van der Waals surface area contributed by atoms with Crippen LogP contribution in [0.15, 0.2) is 24.5 Å². The van der Waals surface area contributed by atoms with E-state index in [9.17, 15) is 18.0 Å². The molecule has 0 radical (unpaired) electrons. The van der Waals surface area contributed by atoms with Crippen molar-refractivity contribution in [1.82, 2.24) is 19.5 Å². The van der Waals surface area contributed by atoms with E-state index in [2.05, 4.69) is 10.2 Å². The highest BCUT2D eigenvalue weighted by Crippen LogP contribution is 2.39. The number of aromatic nitrogens is 3. The topological polar surface area (TPSA) is 59.7 Å². The first-order valence-electron chi connectivity index (χ1n) is 7.17. The van der Waals surface area contributed by atoms with Gasteiger partial charge in [-0.3, -0.25) is 9.20 Å². The van der Waals surface area contributed by atoms with E-state index in [1.807, 2.05) is 0 Å². The molecule has 2 aromatic rings. The Kier molecular flexibility index (Phi) is 3.75. The van der Waals surface area contributed by atoms with E-state index in [0.717, 1.165) is 0 Å². The van der Waals surface area contributed by atoms with Crippen molar-refractivity contribution in [1.29, 1.82) is 0 Å². The lowest BCUT2D eigenvalue weighted by Gasteiger charge is -2.43. The zero-order chi connectivity index (χ0) is 16.7. The Morgan fingerprint density at radius 3 is 2.91 bits per heavy atom. The van der Waals surface area contributed by atoms with Crippen LogP contribution in [0.25, 0.3) is 5.65 Å². The van der Waals surface area contributed by atoms with Gasteiger partial charge in [-0.05, 0) is 18.6 Å². The molecule has 9 heteroatoms. The Morgan fingerprint density at radius 2 is 2.22 bits per heavy atom. The quantitative estimate of drug-likeness (QED) is 0.845. The molecule has 23 heavy (non-hydrogen) atoms. The van der Waals surface area contributed by atoms with Crippen LogP contribution in [-0.4, -0.2) is 56.9 Å². The number of hydrogen-bond donors (Lipinski definition) is 0. The van der Waals surface area contributed by atoms with Gasteiger partial charge in [0.05, 0.1) is 13.2 Å². The third kappa shape index (κ3) is 2.54. The maximum Gasteiger partial charge on any atom is 0.419 e. The molecule has 0 aromatic carbocycles. The number of hydrogen-bond acceptors (Lipinski definition) is 4. The molecule has 124 valence electrons.